The molecule has 2 aliphatic rings. The Balaban J connectivity index is 1.87. The summed E-state index contributed by atoms with van der Waals surface area (Å²) in [4.78, 5) is 14.7. The minimum Gasteiger partial charge on any atom is -0.321 e. The van der Waals surface area contributed by atoms with E-state index in [2.05, 4.69) is 55.3 Å². The fourth-order valence-corrected chi connectivity index (χ4v) is 3.04. The van der Waals surface area contributed by atoms with Crippen molar-refractivity contribution in [3.05, 3.63) is 35.4 Å². The van der Waals surface area contributed by atoms with Crippen LogP contribution in [0, 0.1) is 12.8 Å². The Morgan fingerprint density at radius 3 is 2.65 bits per heavy atom. The van der Waals surface area contributed by atoms with Gasteiger partial charge in [0.05, 0.1) is 0 Å². The molecule has 1 saturated carbocycles. The number of carbonyl (C=O) groups excluding carboxylic acids is 1. The summed E-state index contributed by atoms with van der Waals surface area (Å²) in [6.45, 7) is 7.40. The van der Waals surface area contributed by atoms with Gasteiger partial charge in [0.1, 0.15) is 11.7 Å². The van der Waals surface area contributed by atoms with Crippen LogP contribution in [0.25, 0.3) is 0 Å². The van der Waals surface area contributed by atoms with Gasteiger partial charge >= 0.3 is 0 Å². The van der Waals surface area contributed by atoms with Crippen LogP contribution < -0.4 is 5.32 Å². The van der Waals surface area contributed by atoms with E-state index in [-0.39, 0.29) is 11.7 Å². The quantitative estimate of drug-likeness (QED) is 0.914. The van der Waals surface area contributed by atoms with Crippen LogP contribution in [-0.4, -0.2) is 22.9 Å². The van der Waals surface area contributed by atoms with Crippen LogP contribution >= 0.6 is 0 Å². The van der Waals surface area contributed by atoms with Gasteiger partial charge in [-0.2, -0.15) is 0 Å². The summed E-state index contributed by atoms with van der Waals surface area (Å²) in [7, 11) is 0. The standard InChI is InChI=1S/C17H24N2O/c1-12(2)8-11-19-15(14-7-5-4-6-13(14)3)18-17(9-10-17)16(19)20/h4-7,12,15,18H,8-11H2,1-3H3. The second-order valence-corrected chi connectivity index (χ2v) is 6.67. The molecule has 0 aromatic heterocycles. The lowest BCUT2D eigenvalue weighted by molar-refractivity contribution is -0.131. The molecular weight excluding hydrogens is 248 g/mol. The average Bonchev–Trinajstić information content (AvgIpc) is 3.13. The Bertz CT molecular complexity index is 519. The van der Waals surface area contributed by atoms with Crippen LogP contribution in [0.15, 0.2) is 24.3 Å². The summed E-state index contributed by atoms with van der Waals surface area (Å²) in [6.07, 6.45) is 3.11. The molecule has 0 radical (unpaired) electrons. The number of carbonyl (C=O) groups is 1. The number of benzene rings is 1. The summed E-state index contributed by atoms with van der Waals surface area (Å²) in [6, 6.07) is 8.39. The first-order valence-electron chi connectivity index (χ1n) is 7.68. The molecule has 108 valence electrons. The Hall–Kier alpha value is -1.35. The highest BCUT2D eigenvalue weighted by Gasteiger charge is 2.59. The third-order valence-electron chi connectivity index (χ3n) is 4.58. The van der Waals surface area contributed by atoms with Crippen molar-refractivity contribution >= 4 is 5.91 Å². The lowest BCUT2D eigenvalue weighted by atomic mass is 10.1. The molecule has 1 amide bonds. The number of rotatable bonds is 4. The Labute approximate surface area is 121 Å². The maximum absolute atomic E-state index is 12.7. The van der Waals surface area contributed by atoms with Crippen molar-refractivity contribution in [2.75, 3.05) is 6.54 Å². The largest absolute Gasteiger partial charge is 0.321 e. The summed E-state index contributed by atoms with van der Waals surface area (Å²) in [5.41, 5.74) is 2.27. The van der Waals surface area contributed by atoms with E-state index in [4.69, 9.17) is 0 Å². The second-order valence-electron chi connectivity index (χ2n) is 6.67. The first kappa shape index (κ1) is 13.6. The Morgan fingerprint density at radius 2 is 2.05 bits per heavy atom. The van der Waals surface area contributed by atoms with Crippen molar-refractivity contribution in [3.63, 3.8) is 0 Å². The molecule has 1 N–H and O–H groups in total. The van der Waals surface area contributed by atoms with Crippen LogP contribution in [0.2, 0.25) is 0 Å². The lowest BCUT2D eigenvalue weighted by Gasteiger charge is -2.26. The van der Waals surface area contributed by atoms with E-state index in [1.165, 1.54) is 11.1 Å². The average molecular weight is 272 g/mol. The van der Waals surface area contributed by atoms with Crippen molar-refractivity contribution < 1.29 is 4.79 Å². The molecule has 20 heavy (non-hydrogen) atoms. The zero-order valence-corrected chi connectivity index (χ0v) is 12.6. The fraction of sp³-hybridized carbons (Fsp3) is 0.588. The van der Waals surface area contributed by atoms with Crippen LogP contribution in [-0.2, 0) is 4.79 Å². The molecule has 1 spiro atoms. The lowest BCUT2D eigenvalue weighted by Crippen LogP contribution is -2.33. The number of hydrogen-bond donors (Lipinski definition) is 1. The number of nitrogens with zero attached hydrogens (tertiary/aromatic N) is 1. The monoisotopic (exact) mass is 272 g/mol. The van der Waals surface area contributed by atoms with Crippen molar-refractivity contribution in [3.8, 4) is 0 Å². The molecule has 1 aromatic rings. The SMILES string of the molecule is Cc1ccccc1C1NC2(CC2)C(=O)N1CCC(C)C. The predicted molar refractivity (Wildman–Crippen MR) is 80.2 cm³/mol. The van der Waals surface area contributed by atoms with Gasteiger partial charge < -0.3 is 4.90 Å². The molecule has 1 unspecified atom stereocenters. The molecule has 2 fully saturated rings. The third kappa shape index (κ3) is 2.24. The van der Waals surface area contributed by atoms with Gasteiger partial charge in [-0.3, -0.25) is 10.1 Å². The third-order valence-corrected chi connectivity index (χ3v) is 4.58. The number of hydrogen-bond acceptors (Lipinski definition) is 2. The molecule has 0 bridgehead atoms. The molecular formula is C17H24N2O. The Kier molecular flexibility index (Phi) is 3.33. The first-order chi connectivity index (χ1) is 9.53. The molecule has 1 aromatic carbocycles. The molecule has 1 aliphatic carbocycles. The van der Waals surface area contributed by atoms with Crippen LogP contribution in [0.1, 0.15) is 50.4 Å². The van der Waals surface area contributed by atoms with Crippen molar-refractivity contribution in [2.24, 2.45) is 5.92 Å². The van der Waals surface area contributed by atoms with Crippen molar-refractivity contribution in [2.45, 2.75) is 51.7 Å². The fourth-order valence-electron chi connectivity index (χ4n) is 3.04. The number of amides is 1. The molecule has 1 aliphatic heterocycles. The topological polar surface area (TPSA) is 32.3 Å². The normalized spacial score (nSPS) is 23.9. The van der Waals surface area contributed by atoms with Crippen LogP contribution in [0.5, 0.6) is 0 Å². The minimum atomic E-state index is -0.232. The zero-order valence-electron chi connectivity index (χ0n) is 12.6. The highest BCUT2D eigenvalue weighted by molar-refractivity contribution is 5.92. The van der Waals surface area contributed by atoms with Gasteiger partial charge in [0.2, 0.25) is 5.91 Å². The molecule has 3 rings (SSSR count). The van der Waals surface area contributed by atoms with E-state index >= 15 is 0 Å². The second kappa shape index (κ2) is 4.88. The summed E-state index contributed by atoms with van der Waals surface area (Å²) in [5.74, 6) is 0.933. The predicted octanol–water partition coefficient (Wildman–Crippen LogP) is 3.00. The minimum absolute atomic E-state index is 0.0601. The van der Waals surface area contributed by atoms with E-state index in [1.54, 1.807) is 0 Å². The highest BCUT2D eigenvalue weighted by atomic mass is 16.2. The van der Waals surface area contributed by atoms with Gasteiger partial charge in [-0.05, 0) is 43.2 Å². The van der Waals surface area contributed by atoms with Gasteiger partial charge in [0.15, 0.2) is 0 Å². The summed E-state index contributed by atoms with van der Waals surface area (Å²) < 4.78 is 0. The van der Waals surface area contributed by atoms with E-state index < -0.39 is 0 Å². The van der Waals surface area contributed by atoms with E-state index in [0.717, 1.165) is 25.8 Å². The molecule has 1 atom stereocenters. The van der Waals surface area contributed by atoms with Crippen molar-refractivity contribution in [1.82, 2.24) is 10.2 Å². The van der Waals surface area contributed by atoms with Gasteiger partial charge in [0.25, 0.3) is 0 Å². The van der Waals surface area contributed by atoms with Crippen molar-refractivity contribution in [1.29, 1.82) is 0 Å². The maximum atomic E-state index is 12.7. The molecule has 1 saturated heterocycles. The molecule has 1 heterocycles. The summed E-state index contributed by atoms with van der Waals surface area (Å²) in [5, 5.41) is 3.60. The van der Waals surface area contributed by atoms with E-state index in [1.807, 2.05) is 0 Å². The van der Waals surface area contributed by atoms with Gasteiger partial charge in [-0.15, -0.1) is 0 Å². The zero-order chi connectivity index (χ0) is 14.3. The smallest absolute Gasteiger partial charge is 0.244 e. The summed E-state index contributed by atoms with van der Waals surface area (Å²) >= 11 is 0. The highest BCUT2D eigenvalue weighted by Crippen LogP contribution is 2.46. The Morgan fingerprint density at radius 1 is 1.35 bits per heavy atom. The van der Waals surface area contributed by atoms with Crippen LogP contribution in [0.3, 0.4) is 0 Å². The van der Waals surface area contributed by atoms with Gasteiger partial charge in [0, 0.05) is 6.54 Å². The van der Waals surface area contributed by atoms with E-state index in [9.17, 15) is 4.79 Å². The molecule has 3 heteroatoms. The first-order valence-corrected chi connectivity index (χ1v) is 7.68. The number of aryl methyl sites for hydroxylation is 1. The van der Waals surface area contributed by atoms with Gasteiger partial charge in [-0.25, -0.2) is 0 Å². The maximum Gasteiger partial charge on any atom is 0.244 e. The molecule has 3 nitrogen and oxygen atoms in total. The van der Waals surface area contributed by atoms with Gasteiger partial charge in [-0.1, -0.05) is 38.1 Å². The van der Waals surface area contributed by atoms with Crippen LogP contribution in [0.4, 0.5) is 0 Å². The van der Waals surface area contributed by atoms with E-state index in [0.29, 0.717) is 11.8 Å². The number of nitrogens with one attached hydrogen (secondary N) is 1.